The quantitative estimate of drug-likeness (QED) is 0.792. The summed E-state index contributed by atoms with van der Waals surface area (Å²) in [7, 11) is 0. The Kier molecular flexibility index (Phi) is 5.74. The minimum absolute atomic E-state index is 0.0469. The Morgan fingerprint density at radius 1 is 1.24 bits per heavy atom. The first-order valence-corrected chi connectivity index (χ1v) is 7.94. The number of carbonyl (C=O) groups is 1. The summed E-state index contributed by atoms with van der Waals surface area (Å²) in [6, 6.07) is 6.55. The van der Waals surface area contributed by atoms with Crippen LogP contribution in [0.3, 0.4) is 0 Å². The number of hydrogen-bond acceptors (Lipinski definition) is 2. The van der Waals surface area contributed by atoms with E-state index in [0.29, 0.717) is 6.54 Å². The summed E-state index contributed by atoms with van der Waals surface area (Å²) in [4.78, 5) is 12.7. The minimum atomic E-state index is -0.549. The summed E-state index contributed by atoms with van der Waals surface area (Å²) in [5, 5.41) is 6.22. The smallest absolute Gasteiger partial charge is 0.230 e. The van der Waals surface area contributed by atoms with Crippen LogP contribution in [0.4, 0.5) is 4.39 Å². The maximum absolute atomic E-state index is 13.6. The number of carbonyl (C=O) groups excluding carboxylic acids is 1. The van der Waals surface area contributed by atoms with Crippen LogP contribution in [0.1, 0.15) is 44.6 Å². The predicted molar refractivity (Wildman–Crippen MR) is 82.7 cm³/mol. The molecule has 2 N–H and O–H groups in total. The monoisotopic (exact) mass is 292 g/mol. The fourth-order valence-electron chi connectivity index (χ4n) is 3.20. The van der Waals surface area contributed by atoms with E-state index in [0.717, 1.165) is 50.8 Å². The number of benzene rings is 1. The first-order valence-electron chi connectivity index (χ1n) is 7.94. The number of likely N-dealkylation sites (N-methyl/N-ethyl adjacent to an activating group) is 1. The lowest BCUT2D eigenvalue weighted by molar-refractivity contribution is -0.128. The van der Waals surface area contributed by atoms with E-state index in [-0.39, 0.29) is 11.7 Å². The van der Waals surface area contributed by atoms with Gasteiger partial charge in [-0.1, -0.05) is 38.3 Å². The van der Waals surface area contributed by atoms with Gasteiger partial charge in [-0.15, -0.1) is 0 Å². The lowest BCUT2D eigenvalue weighted by Gasteiger charge is -2.36. The zero-order chi connectivity index (χ0) is 15.1. The summed E-state index contributed by atoms with van der Waals surface area (Å²) < 4.78 is 13.6. The van der Waals surface area contributed by atoms with Crippen LogP contribution in [0.2, 0.25) is 0 Å². The molecule has 0 aliphatic heterocycles. The summed E-state index contributed by atoms with van der Waals surface area (Å²) in [6.45, 7) is 4.31. The Bertz CT molecular complexity index is 470. The Morgan fingerprint density at radius 2 is 2.00 bits per heavy atom. The molecule has 3 nitrogen and oxygen atoms in total. The molecule has 1 amide bonds. The fraction of sp³-hybridized carbons (Fsp3) is 0.588. The standard InChI is InChI=1S/C17H25FN2O/c1-2-19-11-12-20-16(21)17(9-4-3-5-10-17)14-7-6-8-15(18)13-14/h6-8,13,19H,2-5,9-12H2,1H3,(H,20,21). The van der Waals surface area contributed by atoms with Gasteiger partial charge >= 0.3 is 0 Å². The van der Waals surface area contributed by atoms with Crippen LogP contribution < -0.4 is 10.6 Å². The minimum Gasteiger partial charge on any atom is -0.354 e. The van der Waals surface area contributed by atoms with E-state index < -0.39 is 5.41 Å². The summed E-state index contributed by atoms with van der Waals surface area (Å²) in [5.74, 6) is -0.219. The second kappa shape index (κ2) is 7.55. The molecular formula is C17H25FN2O. The second-order valence-corrected chi connectivity index (χ2v) is 5.76. The van der Waals surface area contributed by atoms with E-state index in [1.54, 1.807) is 6.07 Å². The van der Waals surface area contributed by atoms with Gasteiger partial charge in [0.25, 0.3) is 0 Å². The summed E-state index contributed by atoms with van der Waals surface area (Å²) >= 11 is 0. The van der Waals surface area contributed by atoms with Crippen LogP contribution in [0.5, 0.6) is 0 Å². The number of rotatable bonds is 6. The highest BCUT2D eigenvalue weighted by Crippen LogP contribution is 2.39. The van der Waals surface area contributed by atoms with Crippen LogP contribution >= 0.6 is 0 Å². The van der Waals surface area contributed by atoms with E-state index in [4.69, 9.17) is 0 Å². The third-order valence-corrected chi connectivity index (χ3v) is 4.36. The second-order valence-electron chi connectivity index (χ2n) is 5.76. The van der Waals surface area contributed by atoms with Crippen LogP contribution in [0, 0.1) is 5.82 Å². The van der Waals surface area contributed by atoms with Crippen LogP contribution in [-0.2, 0) is 10.2 Å². The molecule has 0 heterocycles. The average Bonchev–Trinajstić information content (AvgIpc) is 2.52. The van der Waals surface area contributed by atoms with E-state index in [2.05, 4.69) is 10.6 Å². The van der Waals surface area contributed by atoms with Gasteiger partial charge in [0.1, 0.15) is 5.82 Å². The van der Waals surface area contributed by atoms with Gasteiger partial charge in [0.05, 0.1) is 5.41 Å². The molecule has 0 spiro atoms. The van der Waals surface area contributed by atoms with Gasteiger partial charge in [-0.05, 0) is 37.1 Å². The molecule has 1 fully saturated rings. The Labute approximate surface area is 126 Å². The van der Waals surface area contributed by atoms with Gasteiger partial charge < -0.3 is 10.6 Å². The largest absolute Gasteiger partial charge is 0.354 e. The highest BCUT2D eigenvalue weighted by Gasteiger charge is 2.40. The molecule has 1 aromatic rings. The topological polar surface area (TPSA) is 41.1 Å². The van der Waals surface area contributed by atoms with Gasteiger partial charge in [0.15, 0.2) is 0 Å². The lowest BCUT2D eigenvalue weighted by Crippen LogP contribution is -2.47. The molecule has 0 aromatic heterocycles. The van der Waals surface area contributed by atoms with Crippen molar-refractivity contribution in [1.82, 2.24) is 10.6 Å². The Morgan fingerprint density at radius 3 is 2.67 bits per heavy atom. The molecule has 1 saturated carbocycles. The predicted octanol–water partition coefficient (Wildman–Crippen LogP) is 2.75. The number of amides is 1. The molecule has 1 aliphatic rings. The Hall–Kier alpha value is -1.42. The van der Waals surface area contributed by atoms with E-state index >= 15 is 0 Å². The van der Waals surface area contributed by atoms with Gasteiger partial charge in [-0.25, -0.2) is 4.39 Å². The zero-order valence-corrected chi connectivity index (χ0v) is 12.8. The highest BCUT2D eigenvalue weighted by molar-refractivity contribution is 5.88. The Balaban J connectivity index is 2.15. The van der Waals surface area contributed by atoms with Gasteiger partial charge in [0.2, 0.25) is 5.91 Å². The summed E-state index contributed by atoms with van der Waals surface area (Å²) in [6.07, 6.45) is 4.82. The van der Waals surface area contributed by atoms with Crippen molar-refractivity contribution in [2.75, 3.05) is 19.6 Å². The maximum atomic E-state index is 13.6. The van der Waals surface area contributed by atoms with Crippen LogP contribution in [0.25, 0.3) is 0 Å². The third kappa shape index (κ3) is 3.82. The molecule has 0 saturated heterocycles. The first-order chi connectivity index (χ1) is 10.2. The van der Waals surface area contributed by atoms with Crippen LogP contribution in [-0.4, -0.2) is 25.5 Å². The maximum Gasteiger partial charge on any atom is 0.230 e. The van der Waals surface area contributed by atoms with Crippen molar-refractivity contribution in [2.24, 2.45) is 0 Å². The van der Waals surface area contributed by atoms with Crippen molar-refractivity contribution in [3.8, 4) is 0 Å². The van der Waals surface area contributed by atoms with Crippen molar-refractivity contribution in [3.63, 3.8) is 0 Å². The third-order valence-electron chi connectivity index (χ3n) is 4.36. The van der Waals surface area contributed by atoms with E-state index in [1.165, 1.54) is 12.1 Å². The van der Waals surface area contributed by atoms with Gasteiger partial charge in [-0.2, -0.15) is 0 Å². The van der Waals surface area contributed by atoms with Crippen molar-refractivity contribution in [3.05, 3.63) is 35.6 Å². The lowest BCUT2D eigenvalue weighted by atomic mass is 9.68. The molecule has 21 heavy (non-hydrogen) atoms. The fourth-order valence-corrected chi connectivity index (χ4v) is 3.20. The van der Waals surface area contributed by atoms with Crippen molar-refractivity contribution < 1.29 is 9.18 Å². The number of hydrogen-bond donors (Lipinski definition) is 2. The number of halogens is 1. The normalized spacial score (nSPS) is 17.4. The van der Waals surface area contributed by atoms with Crippen LogP contribution in [0.15, 0.2) is 24.3 Å². The van der Waals surface area contributed by atoms with Crippen molar-refractivity contribution in [1.29, 1.82) is 0 Å². The van der Waals surface area contributed by atoms with E-state index in [9.17, 15) is 9.18 Å². The molecule has 0 atom stereocenters. The molecule has 1 aromatic carbocycles. The highest BCUT2D eigenvalue weighted by atomic mass is 19.1. The molecular weight excluding hydrogens is 267 g/mol. The zero-order valence-electron chi connectivity index (χ0n) is 12.8. The molecule has 4 heteroatoms. The van der Waals surface area contributed by atoms with Crippen molar-refractivity contribution >= 4 is 5.91 Å². The SMILES string of the molecule is CCNCCNC(=O)C1(c2cccc(F)c2)CCCCC1. The summed E-state index contributed by atoms with van der Waals surface area (Å²) in [5.41, 5.74) is 0.273. The molecule has 0 bridgehead atoms. The van der Waals surface area contributed by atoms with Crippen molar-refractivity contribution in [2.45, 2.75) is 44.4 Å². The average molecular weight is 292 g/mol. The molecule has 116 valence electrons. The molecule has 1 aliphatic carbocycles. The van der Waals surface area contributed by atoms with Gasteiger partial charge in [0, 0.05) is 13.1 Å². The van der Waals surface area contributed by atoms with Gasteiger partial charge in [-0.3, -0.25) is 4.79 Å². The molecule has 2 rings (SSSR count). The van der Waals surface area contributed by atoms with E-state index in [1.807, 2.05) is 13.0 Å². The molecule has 0 radical (unpaired) electrons. The first kappa shape index (κ1) is 16.0. The number of nitrogens with one attached hydrogen (secondary N) is 2. The molecule has 0 unspecified atom stereocenters.